The Labute approximate surface area is 122 Å². The van der Waals surface area contributed by atoms with E-state index in [1.165, 1.54) is 4.88 Å². The fourth-order valence-corrected chi connectivity index (χ4v) is 2.80. The average molecular weight is 296 g/mol. The molecule has 2 N–H and O–H groups in total. The molecule has 1 saturated carbocycles. The lowest BCUT2D eigenvalue weighted by molar-refractivity contribution is -0.137. The summed E-state index contributed by atoms with van der Waals surface area (Å²) in [6.07, 6.45) is 3.09. The first-order valence-electron chi connectivity index (χ1n) is 6.90. The second-order valence-corrected chi connectivity index (χ2v) is 6.06. The zero-order valence-corrected chi connectivity index (χ0v) is 12.2. The third-order valence-corrected chi connectivity index (χ3v) is 4.23. The highest BCUT2D eigenvalue weighted by Gasteiger charge is 2.30. The van der Waals surface area contributed by atoms with Gasteiger partial charge in [-0.25, -0.2) is 0 Å². The van der Waals surface area contributed by atoms with Crippen LogP contribution in [0.3, 0.4) is 0 Å². The van der Waals surface area contributed by atoms with Crippen LogP contribution in [0.2, 0.25) is 0 Å². The molecule has 6 heteroatoms. The molecule has 20 heavy (non-hydrogen) atoms. The molecule has 5 nitrogen and oxygen atoms in total. The lowest BCUT2D eigenvalue weighted by atomic mass is 10.3. The standard InChI is InChI=1S/C14H20N2O3S/c17-13(15-7-5-12-2-1-9-20-12)10-16(11-3-4-11)8-6-14(18)19/h1-2,9,11H,3-8,10H2,(H,15,17)(H,18,19). The van der Waals surface area contributed by atoms with Crippen molar-refractivity contribution in [1.29, 1.82) is 0 Å². The second kappa shape index (κ2) is 7.40. The number of hydrogen-bond acceptors (Lipinski definition) is 4. The maximum absolute atomic E-state index is 11.9. The van der Waals surface area contributed by atoms with Gasteiger partial charge in [0.1, 0.15) is 0 Å². The zero-order chi connectivity index (χ0) is 14.4. The Kier molecular flexibility index (Phi) is 5.55. The van der Waals surface area contributed by atoms with E-state index in [2.05, 4.69) is 11.4 Å². The summed E-state index contributed by atoms with van der Waals surface area (Å²) in [6.45, 7) is 1.40. The van der Waals surface area contributed by atoms with Gasteiger partial charge in [-0.05, 0) is 30.7 Å². The minimum atomic E-state index is -0.811. The van der Waals surface area contributed by atoms with Gasteiger partial charge in [0, 0.05) is 24.0 Å². The minimum Gasteiger partial charge on any atom is -0.481 e. The van der Waals surface area contributed by atoms with Crippen molar-refractivity contribution in [3.05, 3.63) is 22.4 Å². The number of thiophene rings is 1. The SMILES string of the molecule is O=C(O)CCN(CC(=O)NCCc1cccs1)C1CC1. The van der Waals surface area contributed by atoms with Crippen LogP contribution in [0.15, 0.2) is 17.5 Å². The molecule has 110 valence electrons. The predicted octanol–water partition coefficient (Wildman–Crippen LogP) is 1.35. The van der Waals surface area contributed by atoms with Crippen LogP contribution in [-0.4, -0.2) is 47.6 Å². The summed E-state index contributed by atoms with van der Waals surface area (Å²) >= 11 is 1.69. The van der Waals surface area contributed by atoms with Gasteiger partial charge < -0.3 is 10.4 Å². The number of amides is 1. The number of rotatable bonds is 9. The first kappa shape index (κ1) is 15.0. The summed E-state index contributed by atoms with van der Waals surface area (Å²) in [5.74, 6) is -0.826. The third kappa shape index (κ3) is 5.30. The summed E-state index contributed by atoms with van der Waals surface area (Å²) in [6, 6.07) is 4.46. The van der Waals surface area contributed by atoms with Crippen LogP contribution in [0.25, 0.3) is 0 Å². The molecule has 1 amide bonds. The fraction of sp³-hybridized carbons (Fsp3) is 0.571. The topological polar surface area (TPSA) is 69.6 Å². The number of aliphatic carboxylic acids is 1. The van der Waals surface area contributed by atoms with E-state index in [1.54, 1.807) is 11.3 Å². The monoisotopic (exact) mass is 296 g/mol. The molecule has 1 heterocycles. The first-order chi connectivity index (χ1) is 9.65. The van der Waals surface area contributed by atoms with Crippen molar-refractivity contribution in [2.24, 2.45) is 0 Å². The van der Waals surface area contributed by atoms with Crippen molar-refractivity contribution < 1.29 is 14.7 Å². The maximum atomic E-state index is 11.9. The van der Waals surface area contributed by atoms with Crippen molar-refractivity contribution in [3.63, 3.8) is 0 Å². The smallest absolute Gasteiger partial charge is 0.304 e. The lowest BCUT2D eigenvalue weighted by Crippen LogP contribution is -2.40. The van der Waals surface area contributed by atoms with Gasteiger partial charge in [-0.3, -0.25) is 14.5 Å². The highest BCUT2D eigenvalue weighted by atomic mass is 32.1. The third-order valence-electron chi connectivity index (χ3n) is 3.30. The minimum absolute atomic E-state index is 0.0150. The van der Waals surface area contributed by atoms with E-state index in [-0.39, 0.29) is 12.3 Å². The van der Waals surface area contributed by atoms with E-state index in [0.29, 0.717) is 25.7 Å². The summed E-state index contributed by atoms with van der Waals surface area (Å²) in [5.41, 5.74) is 0. The molecule has 0 radical (unpaired) electrons. The Morgan fingerprint density at radius 2 is 2.25 bits per heavy atom. The van der Waals surface area contributed by atoms with E-state index in [4.69, 9.17) is 5.11 Å². The number of carboxylic acid groups (broad SMARTS) is 1. The fourth-order valence-electron chi connectivity index (χ4n) is 2.09. The van der Waals surface area contributed by atoms with Crippen molar-refractivity contribution in [1.82, 2.24) is 10.2 Å². The van der Waals surface area contributed by atoms with E-state index < -0.39 is 5.97 Å². The molecule has 2 rings (SSSR count). The molecule has 1 aromatic rings. The summed E-state index contributed by atoms with van der Waals surface area (Å²) in [5, 5.41) is 13.6. The van der Waals surface area contributed by atoms with Crippen molar-refractivity contribution in [2.75, 3.05) is 19.6 Å². The largest absolute Gasteiger partial charge is 0.481 e. The van der Waals surface area contributed by atoms with Gasteiger partial charge in [0.25, 0.3) is 0 Å². The Hall–Kier alpha value is -1.40. The highest BCUT2D eigenvalue weighted by Crippen LogP contribution is 2.26. The van der Waals surface area contributed by atoms with Gasteiger partial charge in [0.05, 0.1) is 13.0 Å². The molecule has 1 aromatic heterocycles. The van der Waals surface area contributed by atoms with Crippen molar-refractivity contribution in [3.8, 4) is 0 Å². The van der Waals surface area contributed by atoms with Gasteiger partial charge in [-0.15, -0.1) is 11.3 Å². The summed E-state index contributed by atoms with van der Waals surface area (Å²) in [7, 11) is 0. The van der Waals surface area contributed by atoms with Crippen molar-refractivity contribution in [2.45, 2.75) is 31.7 Å². The molecule has 0 saturated heterocycles. The molecule has 1 fully saturated rings. The highest BCUT2D eigenvalue weighted by molar-refractivity contribution is 7.09. The van der Waals surface area contributed by atoms with Gasteiger partial charge in [0.2, 0.25) is 5.91 Å². The molecular weight excluding hydrogens is 276 g/mol. The Bertz CT molecular complexity index is 443. The van der Waals surface area contributed by atoms with Gasteiger partial charge >= 0.3 is 5.97 Å². The molecule has 0 aliphatic heterocycles. The van der Waals surface area contributed by atoms with Crippen LogP contribution >= 0.6 is 11.3 Å². The first-order valence-corrected chi connectivity index (χ1v) is 7.78. The summed E-state index contributed by atoms with van der Waals surface area (Å²) in [4.78, 5) is 25.7. The van der Waals surface area contributed by atoms with Crippen LogP contribution in [-0.2, 0) is 16.0 Å². The number of carbonyl (C=O) groups is 2. The van der Waals surface area contributed by atoms with E-state index in [0.717, 1.165) is 19.3 Å². The molecule has 0 aromatic carbocycles. The number of nitrogens with zero attached hydrogens (tertiary/aromatic N) is 1. The number of carbonyl (C=O) groups excluding carboxylic acids is 1. The molecule has 0 unspecified atom stereocenters. The van der Waals surface area contributed by atoms with Crippen LogP contribution in [0.5, 0.6) is 0 Å². The van der Waals surface area contributed by atoms with E-state index in [9.17, 15) is 9.59 Å². The van der Waals surface area contributed by atoms with Crippen LogP contribution < -0.4 is 5.32 Å². The van der Waals surface area contributed by atoms with Gasteiger partial charge in [-0.2, -0.15) is 0 Å². The van der Waals surface area contributed by atoms with Gasteiger partial charge in [0.15, 0.2) is 0 Å². The Balaban J connectivity index is 1.67. The van der Waals surface area contributed by atoms with Crippen LogP contribution in [0, 0.1) is 0 Å². The summed E-state index contributed by atoms with van der Waals surface area (Å²) < 4.78 is 0. The lowest BCUT2D eigenvalue weighted by Gasteiger charge is -2.20. The number of hydrogen-bond donors (Lipinski definition) is 2. The predicted molar refractivity (Wildman–Crippen MR) is 77.9 cm³/mol. The quantitative estimate of drug-likeness (QED) is 0.721. The zero-order valence-electron chi connectivity index (χ0n) is 11.4. The van der Waals surface area contributed by atoms with E-state index >= 15 is 0 Å². The molecule has 0 spiro atoms. The number of carboxylic acids is 1. The Morgan fingerprint density at radius 1 is 1.45 bits per heavy atom. The molecular formula is C14H20N2O3S. The van der Waals surface area contributed by atoms with Crippen LogP contribution in [0.1, 0.15) is 24.1 Å². The normalized spacial score (nSPS) is 14.4. The number of nitrogens with one attached hydrogen (secondary N) is 1. The second-order valence-electron chi connectivity index (χ2n) is 5.02. The molecule has 1 aliphatic carbocycles. The van der Waals surface area contributed by atoms with Crippen LogP contribution in [0.4, 0.5) is 0 Å². The molecule has 1 aliphatic rings. The average Bonchev–Trinajstić information content (AvgIpc) is 3.12. The van der Waals surface area contributed by atoms with Crippen molar-refractivity contribution >= 4 is 23.2 Å². The van der Waals surface area contributed by atoms with E-state index in [1.807, 2.05) is 16.3 Å². The Morgan fingerprint density at radius 3 is 2.85 bits per heavy atom. The van der Waals surface area contributed by atoms with Gasteiger partial charge in [-0.1, -0.05) is 6.07 Å². The molecule has 0 atom stereocenters. The maximum Gasteiger partial charge on any atom is 0.304 e. The molecule has 0 bridgehead atoms.